The van der Waals surface area contributed by atoms with Crippen LogP contribution in [-0.2, 0) is 4.79 Å². The fraction of sp³-hybridized carbons (Fsp3) is 0.130. The zero-order chi connectivity index (χ0) is 20.8. The highest BCUT2D eigenvalue weighted by molar-refractivity contribution is 7.16. The lowest BCUT2D eigenvalue weighted by Gasteiger charge is -2.11. The van der Waals surface area contributed by atoms with Gasteiger partial charge in [0.1, 0.15) is 11.6 Å². The maximum Gasteiger partial charge on any atom is 0.259 e. The molecular weight excluding hydrogens is 389 g/mol. The van der Waals surface area contributed by atoms with Crippen molar-refractivity contribution in [3.63, 3.8) is 0 Å². The van der Waals surface area contributed by atoms with Crippen LogP contribution in [0.3, 0.4) is 0 Å². The molecule has 0 saturated heterocycles. The van der Waals surface area contributed by atoms with Crippen LogP contribution in [-0.4, -0.2) is 37.3 Å². The van der Waals surface area contributed by atoms with Crippen LogP contribution in [0.25, 0.3) is 16.5 Å². The molecule has 1 aromatic heterocycles. The van der Waals surface area contributed by atoms with Crippen molar-refractivity contribution in [1.29, 1.82) is 0 Å². The third kappa shape index (κ3) is 5.62. The smallest absolute Gasteiger partial charge is 0.259 e. The number of thiophene rings is 1. The van der Waals surface area contributed by atoms with Crippen molar-refractivity contribution in [2.45, 2.75) is 0 Å². The van der Waals surface area contributed by atoms with Gasteiger partial charge < -0.3 is 9.64 Å². The Bertz CT molecular complexity index is 1040. The standard InChI is InChI=1S/C23H20FNO3S/c1-25(2)23(27)15-28-19-5-3-4-17(14-19)21(26)12-10-20-11-13-22(29-20)16-6-8-18(24)9-7-16/h3-14H,15H2,1-2H3/b12-10+. The van der Waals surface area contributed by atoms with Crippen molar-refractivity contribution in [1.82, 2.24) is 4.90 Å². The number of carbonyl (C=O) groups is 2. The number of benzene rings is 2. The predicted octanol–water partition coefficient (Wildman–Crippen LogP) is 4.92. The highest BCUT2D eigenvalue weighted by Crippen LogP contribution is 2.29. The largest absolute Gasteiger partial charge is 0.484 e. The lowest BCUT2D eigenvalue weighted by atomic mass is 10.1. The lowest BCUT2D eigenvalue weighted by molar-refractivity contribution is -0.130. The number of nitrogens with zero attached hydrogens (tertiary/aromatic N) is 1. The van der Waals surface area contributed by atoms with Gasteiger partial charge in [-0.1, -0.05) is 24.3 Å². The average Bonchev–Trinajstić information content (AvgIpc) is 3.20. The molecule has 4 nitrogen and oxygen atoms in total. The summed E-state index contributed by atoms with van der Waals surface area (Å²) in [6.45, 7) is -0.0815. The van der Waals surface area contributed by atoms with Gasteiger partial charge in [-0.25, -0.2) is 4.39 Å². The van der Waals surface area contributed by atoms with Crippen molar-refractivity contribution < 1.29 is 18.7 Å². The quantitative estimate of drug-likeness (QED) is 0.411. The summed E-state index contributed by atoms with van der Waals surface area (Å²) in [5, 5.41) is 0. The van der Waals surface area contributed by atoms with Gasteiger partial charge in [-0.15, -0.1) is 11.3 Å². The van der Waals surface area contributed by atoms with Crippen molar-refractivity contribution in [2.75, 3.05) is 20.7 Å². The monoisotopic (exact) mass is 409 g/mol. The summed E-state index contributed by atoms with van der Waals surface area (Å²) in [5.74, 6) is -0.120. The maximum absolute atomic E-state index is 13.1. The normalized spacial score (nSPS) is 10.9. The molecule has 0 aliphatic carbocycles. The number of halogens is 1. The molecule has 0 N–H and O–H groups in total. The highest BCUT2D eigenvalue weighted by Gasteiger charge is 2.08. The first kappa shape index (κ1) is 20.5. The molecule has 6 heteroatoms. The molecule has 0 bridgehead atoms. The second-order valence-corrected chi connectivity index (χ2v) is 7.63. The number of hydrogen-bond donors (Lipinski definition) is 0. The maximum atomic E-state index is 13.1. The van der Waals surface area contributed by atoms with Crippen molar-refractivity contribution in [3.8, 4) is 16.2 Å². The van der Waals surface area contributed by atoms with Gasteiger partial charge in [0.15, 0.2) is 12.4 Å². The first-order valence-corrected chi connectivity index (χ1v) is 9.75. The SMILES string of the molecule is CN(C)C(=O)COc1cccc(C(=O)/C=C/c2ccc(-c3ccc(F)cc3)s2)c1. The molecule has 0 radical (unpaired) electrons. The van der Waals surface area contributed by atoms with Crippen LogP contribution in [0.5, 0.6) is 5.75 Å². The first-order chi connectivity index (χ1) is 13.9. The van der Waals surface area contributed by atoms with Crippen LogP contribution >= 0.6 is 11.3 Å². The fourth-order valence-corrected chi connectivity index (χ4v) is 3.40. The molecule has 1 amide bonds. The Balaban J connectivity index is 1.66. The summed E-state index contributed by atoms with van der Waals surface area (Å²) in [6, 6.07) is 16.9. The van der Waals surface area contributed by atoms with Crippen molar-refractivity contribution >= 4 is 29.1 Å². The van der Waals surface area contributed by atoms with E-state index in [0.29, 0.717) is 11.3 Å². The topological polar surface area (TPSA) is 46.6 Å². The molecule has 0 spiro atoms. The Morgan fingerprint density at radius 3 is 2.55 bits per heavy atom. The summed E-state index contributed by atoms with van der Waals surface area (Å²) in [5.41, 5.74) is 1.41. The fourth-order valence-electron chi connectivity index (χ4n) is 2.48. The minimum atomic E-state index is -0.270. The van der Waals surface area contributed by atoms with E-state index in [4.69, 9.17) is 4.74 Å². The minimum Gasteiger partial charge on any atom is -0.484 e. The molecule has 3 aromatic rings. The third-order valence-electron chi connectivity index (χ3n) is 4.13. The second-order valence-electron chi connectivity index (χ2n) is 6.51. The molecule has 0 aliphatic rings. The van der Waals surface area contributed by atoms with Gasteiger partial charge in [0.05, 0.1) is 0 Å². The van der Waals surface area contributed by atoms with Gasteiger partial charge >= 0.3 is 0 Å². The Kier molecular flexibility index (Phi) is 6.57. The van der Waals surface area contributed by atoms with E-state index in [0.717, 1.165) is 15.3 Å². The molecule has 0 atom stereocenters. The molecule has 29 heavy (non-hydrogen) atoms. The Hall–Kier alpha value is -3.25. The van der Waals surface area contributed by atoms with Gasteiger partial charge in [-0.2, -0.15) is 0 Å². The van der Waals surface area contributed by atoms with Crippen LogP contribution in [0, 0.1) is 5.82 Å². The molecule has 148 valence electrons. The van der Waals surface area contributed by atoms with Crippen molar-refractivity contribution in [2.24, 2.45) is 0 Å². The summed E-state index contributed by atoms with van der Waals surface area (Å²) < 4.78 is 18.5. The van der Waals surface area contributed by atoms with Crippen LogP contribution in [0.15, 0.2) is 66.7 Å². The van der Waals surface area contributed by atoms with Gasteiger partial charge in [-0.3, -0.25) is 9.59 Å². The third-order valence-corrected chi connectivity index (χ3v) is 5.23. The van der Waals surface area contributed by atoms with Crippen LogP contribution in [0.2, 0.25) is 0 Å². The van der Waals surface area contributed by atoms with Crippen LogP contribution < -0.4 is 4.74 Å². The first-order valence-electron chi connectivity index (χ1n) is 8.93. The summed E-state index contributed by atoms with van der Waals surface area (Å²) >= 11 is 1.52. The molecule has 1 heterocycles. The van der Waals surface area contributed by atoms with E-state index >= 15 is 0 Å². The Morgan fingerprint density at radius 2 is 1.83 bits per heavy atom. The van der Waals surface area contributed by atoms with Crippen LogP contribution in [0.4, 0.5) is 4.39 Å². The number of amides is 1. The Labute approximate surface area is 172 Å². The van der Waals surface area contributed by atoms with Gasteiger partial charge in [-0.05, 0) is 54.1 Å². The number of allylic oxidation sites excluding steroid dienone is 1. The second kappa shape index (κ2) is 9.30. The number of hydrogen-bond acceptors (Lipinski definition) is 4. The zero-order valence-corrected chi connectivity index (χ0v) is 16.9. The molecule has 2 aromatic carbocycles. The van der Waals surface area contributed by atoms with Gasteiger partial charge in [0.25, 0.3) is 5.91 Å². The van der Waals surface area contributed by atoms with Gasteiger partial charge in [0.2, 0.25) is 0 Å². The van der Waals surface area contributed by atoms with Crippen molar-refractivity contribution in [3.05, 3.63) is 83.0 Å². The summed E-state index contributed by atoms with van der Waals surface area (Å²) in [4.78, 5) is 27.5. The average molecular weight is 409 g/mol. The predicted molar refractivity (Wildman–Crippen MR) is 114 cm³/mol. The molecule has 3 rings (SSSR count). The minimum absolute atomic E-state index is 0.0815. The van der Waals surface area contributed by atoms with E-state index in [2.05, 4.69) is 0 Å². The summed E-state index contributed by atoms with van der Waals surface area (Å²) in [6.07, 6.45) is 3.26. The van der Waals surface area contributed by atoms with E-state index in [1.165, 1.54) is 34.4 Å². The molecule has 0 unspecified atom stereocenters. The highest BCUT2D eigenvalue weighted by atomic mass is 32.1. The molecule has 0 fully saturated rings. The van der Waals surface area contributed by atoms with E-state index in [-0.39, 0.29) is 24.1 Å². The molecule has 0 aliphatic heterocycles. The lowest BCUT2D eigenvalue weighted by Crippen LogP contribution is -2.27. The molecule has 0 saturated carbocycles. The number of rotatable bonds is 7. The summed E-state index contributed by atoms with van der Waals surface area (Å²) in [7, 11) is 3.31. The van der Waals surface area contributed by atoms with E-state index in [1.807, 2.05) is 12.1 Å². The number of carbonyl (C=O) groups excluding carboxylic acids is 2. The van der Waals surface area contributed by atoms with E-state index in [1.54, 1.807) is 56.6 Å². The zero-order valence-electron chi connectivity index (χ0n) is 16.1. The number of ketones is 1. The molecular formula is C23H20FNO3S. The van der Waals surface area contributed by atoms with Gasteiger partial charge in [0, 0.05) is 29.4 Å². The van der Waals surface area contributed by atoms with E-state index < -0.39 is 0 Å². The number of likely N-dealkylation sites (N-methyl/N-ethyl adjacent to an activating group) is 1. The number of ether oxygens (including phenoxy) is 1. The van der Waals surface area contributed by atoms with Crippen LogP contribution in [0.1, 0.15) is 15.2 Å². The van der Waals surface area contributed by atoms with E-state index in [9.17, 15) is 14.0 Å². The Morgan fingerprint density at radius 1 is 1.07 bits per heavy atom.